The van der Waals surface area contributed by atoms with E-state index < -0.39 is 45.2 Å². The Morgan fingerprint density at radius 2 is 1.09 bits per heavy atom. The second-order valence-electron chi connectivity index (χ2n) is 5.32. The van der Waals surface area contributed by atoms with Gasteiger partial charge in [-0.25, -0.2) is 25.6 Å². The van der Waals surface area contributed by atoms with Gasteiger partial charge in [-0.1, -0.05) is 12.1 Å². The molecule has 0 aliphatic carbocycles. The molecule has 0 unspecified atom stereocenters. The molecule has 8 heteroatoms. The molecule has 0 saturated heterocycles. The van der Waals surface area contributed by atoms with E-state index in [0.717, 1.165) is 50.2 Å². The van der Waals surface area contributed by atoms with Crippen LogP contribution in [0.2, 0.25) is 0 Å². The molecule has 2 rings (SSSR count). The maximum absolute atomic E-state index is 13.3. The van der Waals surface area contributed by atoms with Crippen molar-refractivity contribution in [2.45, 2.75) is 27.7 Å². The molecule has 0 aliphatic heterocycles. The van der Waals surface area contributed by atoms with Crippen LogP contribution in [0.15, 0.2) is 58.3 Å². The smallest absolute Gasteiger partial charge is 0.198 e. The second kappa shape index (κ2) is 5.68. The molecule has 0 spiro atoms. The average Bonchev–Trinajstić information content (AvgIpc) is 2.46. The molecule has 2 aromatic rings. The van der Waals surface area contributed by atoms with Gasteiger partial charge in [0.1, 0.15) is 11.6 Å². The third-order valence-corrected chi connectivity index (χ3v) is 9.16. The Morgan fingerprint density at radius 1 is 0.739 bits per heavy atom. The third kappa shape index (κ3) is 2.88. The minimum atomic E-state index is -4.43. The van der Waals surface area contributed by atoms with Gasteiger partial charge in [0.25, 0.3) is 0 Å². The molecule has 0 aliphatic rings. The molecular weight excluding hydrogens is 346 g/mol. The van der Waals surface area contributed by atoms with Crippen molar-refractivity contribution < 1.29 is 25.6 Å². The van der Waals surface area contributed by atoms with Crippen LogP contribution in [0.25, 0.3) is 0 Å². The van der Waals surface area contributed by atoms with Gasteiger partial charge in [-0.05, 0) is 50.2 Å². The fraction of sp³-hybridized carbons (Fsp3) is 0.200. The summed E-state index contributed by atoms with van der Waals surface area (Å²) in [6.07, 6.45) is 0. The fourth-order valence-electron chi connectivity index (χ4n) is 1.98. The zero-order valence-corrected chi connectivity index (χ0v) is 14.0. The SMILES string of the molecule is CC(C)(S(=O)(=O)c1cccc(F)c1)S(=O)(=O)c1cccc(F)c1. The molecule has 0 atom stereocenters. The lowest BCUT2D eigenvalue weighted by Gasteiger charge is -2.25. The van der Waals surface area contributed by atoms with E-state index >= 15 is 0 Å². The summed E-state index contributed by atoms with van der Waals surface area (Å²) in [7, 11) is -8.86. The van der Waals surface area contributed by atoms with Crippen LogP contribution in [0, 0.1) is 11.6 Å². The number of hydrogen-bond acceptors (Lipinski definition) is 4. The molecule has 2 aromatic carbocycles. The Hall–Kier alpha value is -1.80. The van der Waals surface area contributed by atoms with E-state index in [0.29, 0.717) is 0 Å². The van der Waals surface area contributed by atoms with Crippen LogP contribution in [0.3, 0.4) is 0 Å². The van der Waals surface area contributed by atoms with E-state index in [-0.39, 0.29) is 0 Å². The molecule has 0 amide bonds. The lowest BCUT2D eigenvalue weighted by Crippen LogP contribution is -2.40. The zero-order chi connectivity index (χ0) is 17.5. The maximum Gasteiger partial charge on any atom is 0.198 e. The monoisotopic (exact) mass is 360 g/mol. The average molecular weight is 360 g/mol. The molecule has 0 heterocycles. The lowest BCUT2D eigenvalue weighted by atomic mass is 10.3. The van der Waals surface area contributed by atoms with Crippen LogP contribution in [0.1, 0.15) is 13.8 Å². The first-order valence-corrected chi connectivity index (χ1v) is 9.47. The van der Waals surface area contributed by atoms with Gasteiger partial charge in [-0.3, -0.25) is 0 Å². The summed E-state index contributed by atoms with van der Waals surface area (Å²) < 4.78 is 75.0. The van der Waals surface area contributed by atoms with E-state index in [9.17, 15) is 25.6 Å². The predicted molar refractivity (Wildman–Crippen MR) is 81.3 cm³/mol. The molecule has 0 N–H and O–H groups in total. The van der Waals surface area contributed by atoms with Crippen LogP contribution in [0.5, 0.6) is 0 Å². The van der Waals surface area contributed by atoms with E-state index in [4.69, 9.17) is 0 Å². The highest BCUT2D eigenvalue weighted by molar-refractivity contribution is 8.10. The highest BCUT2D eigenvalue weighted by atomic mass is 32.3. The number of rotatable bonds is 4. The summed E-state index contributed by atoms with van der Waals surface area (Å²) in [5.41, 5.74) is 0. The molecule has 0 bridgehead atoms. The molecule has 0 aromatic heterocycles. The number of hydrogen-bond donors (Lipinski definition) is 0. The number of benzene rings is 2. The van der Waals surface area contributed by atoms with E-state index in [2.05, 4.69) is 0 Å². The van der Waals surface area contributed by atoms with E-state index in [1.54, 1.807) is 0 Å². The van der Waals surface area contributed by atoms with E-state index in [1.165, 1.54) is 12.1 Å². The quantitative estimate of drug-likeness (QED) is 0.841. The minimum Gasteiger partial charge on any atom is -0.222 e. The van der Waals surface area contributed by atoms with Crippen molar-refractivity contribution in [1.82, 2.24) is 0 Å². The van der Waals surface area contributed by atoms with Crippen molar-refractivity contribution in [3.63, 3.8) is 0 Å². The Balaban J connectivity index is 2.65. The summed E-state index contributed by atoms with van der Waals surface area (Å²) in [6.45, 7) is 1.99. The van der Waals surface area contributed by atoms with Gasteiger partial charge in [0.05, 0.1) is 9.79 Å². The minimum absolute atomic E-state index is 0.456. The van der Waals surface area contributed by atoms with Gasteiger partial charge in [-0.15, -0.1) is 0 Å². The topological polar surface area (TPSA) is 68.3 Å². The lowest BCUT2D eigenvalue weighted by molar-refractivity contribution is 0.552. The predicted octanol–water partition coefficient (Wildman–Crippen LogP) is 2.95. The summed E-state index contributed by atoms with van der Waals surface area (Å²) in [6, 6.07) is 8.17. The Kier molecular flexibility index (Phi) is 4.34. The van der Waals surface area contributed by atoms with Gasteiger partial charge in [0, 0.05) is 0 Å². The molecule has 0 radical (unpaired) electrons. The third-order valence-electron chi connectivity index (χ3n) is 3.51. The van der Waals surface area contributed by atoms with Gasteiger partial charge >= 0.3 is 0 Å². The van der Waals surface area contributed by atoms with Crippen molar-refractivity contribution >= 4 is 19.7 Å². The number of halogens is 2. The van der Waals surface area contributed by atoms with Crippen LogP contribution >= 0.6 is 0 Å². The standard InChI is InChI=1S/C15H14F2O4S2/c1-15(2,22(18,19)13-7-3-5-11(16)9-13)23(20,21)14-8-4-6-12(17)10-14/h3-10H,1-2H3. The van der Waals surface area contributed by atoms with Crippen molar-refractivity contribution in [3.05, 3.63) is 60.2 Å². The summed E-state index contributed by atoms with van der Waals surface area (Å²) in [5, 5.41) is 0. The zero-order valence-electron chi connectivity index (χ0n) is 12.3. The Bertz CT molecular complexity index is 871. The maximum atomic E-state index is 13.3. The molecular formula is C15H14F2O4S2. The molecule has 23 heavy (non-hydrogen) atoms. The van der Waals surface area contributed by atoms with Gasteiger partial charge in [0.2, 0.25) is 0 Å². The van der Waals surface area contributed by atoms with Crippen molar-refractivity contribution in [2.75, 3.05) is 0 Å². The van der Waals surface area contributed by atoms with Crippen LogP contribution < -0.4 is 0 Å². The van der Waals surface area contributed by atoms with Gasteiger partial charge in [-0.2, -0.15) is 0 Å². The summed E-state index contributed by atoms with van der Waals surface area (Å²) in [4.78, 5) is -0.912. The summed E-state index contributed by atoms with van der Waals surface area (Å²) >= 11 is 0. The Morgan fingerprint density at radius 3 is 1.39 bits per heavy atom. The first kappa shape index (κ1) is 17.6. The number of sulfone groups is 2. The largest absolute Gasteiger partial charge is 0.222 e. The molecule has 0 fully saturated rings. The molecule has 0 saturated carbocycles. The first-order chi connectivity index (χ1) is 10.5. The van der Waals surface area contributed by atoms with E-state index in [1.807, 2.05) is 0 Å². The van der Waals surface area contributed by atoms with Gasteiger partial charge < -0.3 is 0 Å². The molecule has 124 valence electrons. The van der Waals surface area contributed by atoms with Gasteiger partial charge in [0.15, 0.2) is 23.8 Å². The Labute approximate surface area is 133 Å². The first-order valence-electron chi connectivity index (χ1n) is 6.50. The highest BCUT2D eigenvalue weighted by Crippen LogP contribution is 2.35. The molecule has 4 nitrogen and oxygen atoms in total. The van der Waals surface area contributed by atoms with Crippen molar-refractivity contribution in [3.8, 4) is 0 Å². The fourth-order valence-corrected chi connectivity index (χ4v) is 5.90. The van der Waals surface area contributed by atoms with Crippen molar-refractivity contribution in [2.24, 2.45) is 0 Å². The van der Waals surface area contributed by atoms with Crippen LogP contribution in [-0.2, 0) is 19.7 Å². The van der Waals surface area contributed by atoms with Crippen molar-refractivity contribution in [1.29, 1.82) is 0 Å². The summed E-state index contributed by atoms with van der Waals surface area (Å²) in [5.74, 6) is -1.60. The normalized spacial score (nSPS) is 13.0. The highest BCUT2D eigenvalue weighted by Gasteiger charge is 2.48. The second-order valence-corrected chi connectivity index (χ2v) is 10.6. The van der Waals surface area contributed by atoms with Crippen LogP contribution in [-0.4, -0.2) is 20.9 Å². The van der Waals surface area contributed by atoms with Crippen LogP contribution in [0.4, 0.5) is 8.78 Å².